The number of fused-ring (bicyclic) bond motifs is 7. The standard InChI is InChI=1S/C38H58O12/c1-4-23-25(7-9-29-32(23)48-29)35(39)45-14-11-42-19-38(6-3,20-43-12-15-46-36(40)26-8-10-30-33(49-30)24(26)5-2)21-44-13-16-47-37(41)28-18-22-17-27(28)34-31(22)50-34/h22-34H,4-21H2,1-3H3. The zero-order valence-electron chi connectivity index (χ0n) is 30.1. The first-order valence-electron chi connectivity index (χ1n) is 19.6. The van der Waals surface area contributed by atoms with Gasteiger partial charge in [-0.3, -0.25) is 14.4 Å². The van der Waals surface area contributed by atoms with Gasteiger partial charge in [-0.1, -0.05) is 20.8 Å². The van der Waals surface area contributed by atoms with Crippen molar-refractivity contribution in [2.24, 2.45) is 46.8 Å². The largest absolute Gasteiger partial charge is 0.463 e. The van der Waals surface area contributed by atoms with Crippen LogP contribution in [0.15, 0.2) is 0 Å². The maximum Gasteiger partial charge on any atom is 0.309 e. The number of hydrogen-bond donors (Lipinski definition) is 0. The number of hydrogen-bond acceptors (Lipinski definition) is 12. The predicted octanol–water partition coefficient (Wildman–Crippen LogP) is 3.89. The van der Waals surface area contributed by atoms with Crippen molar-refractivity contribution in [3.05, 3.63) is 0 Å². The van der Waals surface area contributed by atoms with Gasteiger partial charge in [0.05, 0.1) is 94.0 Å². The Bertz CT molecular complexity index is 1140. The maximum absolute atomic E-state index is 12.9. The first kappa shape index (κ1) is 36.5. The Morgan fingerprint density at radius 2 is 1.04 bits per heavy atom. The van der Waals surface area contributed by atoms with E-state index < -0.39 is 5.41 Å². The molecule has 282 valence electrons. The Labute approximate surface area is 296 Å². The van der Waals surface area contributed by atoms with Crippen molar-refractivity contribution < 1.29 is 57.0 Å². The summed E-state index contributed by atoms with van der Waals surface area (Å²) in [5.74, 6) is 0.525. The van der Waals surface area contributed by atoms with Crippen LogP contribution >= 0.6 is 0 Å². The Balaban J connectivity index is 0.836. The Morgan fingerprint density at radius 1 is 0.560 bits per heavy atom. The fourth-order valence-corrected chi connectivity index (χ4v) is 9.82. The third-order valence-corrected chi connectivity index (χ3v) is 13.0. The average Bonchev–Trinajstić information content (AvgIpc) is 4.07. The zero-order valence-corrected chi connectivity index (χ0v) is 30.1. The van der Waals surface area contributed by atoms with E-state index in [2.05, 4.69) is 20.8 Å². The summed E-state index contributed by atoms with van der Waals surface area (Å²) in [6, 6.07) is 0. The molecular formula is C38H58O12. The molecule has 4 saturated carbocycles. The molecule has 0 radical (unpaired) electrons. The number of rotatable bonds is 21. The molecule has 0 aromatic heterocycles. The second-order valence-electron chi connectivity index (χ2n) is 15.9. The van der Waals surface area contributed by atoms with Crippen molar-refractivity contribution in [2.75, 3.05) is 59.5 Å². The summed E-state index contributed by atoms with van der Waals surface area (Å²) in [5.41, 5.74) is -0.495. The monoisotopic (exact) mass is 706 g/mol. The molecule has 3 saturated heterocycles. The molecule has 0 amide bonds. The van der Waals surface area contributed by atoms with E-state index in [-0.39, 0.29) is 105 Å². The maximum atomic E-state index is 12.9. The smallest absolute Gasteiger partial charge is 0.309 e. The highest BCUT2D eigenvalue weighted by Crippen LogP contribution is 2.59. The highest BCUT2D eigenvalue weighted by Gasteiger charge is 2.65. The Kier molecular flexibility index (Phi) is 11.7. The number of carbonyl (C=O) groups excluding carboxylic acids is 3. The van der Waals surface area contributed by atoms with Gasteiger partial charge in [0.2, 0.25) is 0 Å². The SMILES string of the molecule is CCC1C(C(=O)OCCOCC(CC)(COCCOC(=O)C2CCC3OC3C2CC)COCCOC(=O)C2CC3CC2C2OC32)CCC2OC21. The molecule has 12 heteroatoms. The molecule has 4 aliphatic carbocycles. The average molecular weight is 707 g/mol. The van der Waals surface area contributed by atoms with Crippen LogP contribution in [0.3, 0.4) is 0 Å². The number of ether oxygens (including phenoxy) is 9. The molecule has 0 N–H and O–H groups in total. The van der Waals surface area contributed by atoms with Gasteiger partial charge in [-0.15, -0.1) is 0 Å². The van der Waals surface area contributed by atoms with Gasteiger partial charge in [-0.25, -0.2) is 0 Å². The van der Waals surface area contributed by atoms with Crippen molar-refractivity contribution in [1.82, 2.24) is 0 Å². The molecular weight excluding hydrogens is 648 g/mol. The predicted molar refractivity (Wildman–Crippen MR) is 177 cm³/mol. The van der Waals surface area contributed by atoms with E-state index in [1.165, 1.54) is 0 Å². The van der Waals surface area contributed by atoms with Crippen LogP contribution in [-0.4, -0.2) is 114 Å². The van der Waals surface area contributed by atoms with Crippen LogP contribution in [0.25, 0.3) is 0 Å². The van der Waals surface area contributed by atoms with Gasteiger partial charge in [0, 0.05) is 23.2 Å². The topological polar surface area (TPSA) is 144 Å². The Morgan fingerprint density at radius 3 is 1.46 bits per heavy atom. The fraction of sp³-hybridized carbons (Fsp3) is 0.921. The molecule has 0 aromatic rings. The molecule has 13 unspecified atom stereocenters. The summed E-state index contributed by atoms with van der Waals surface area (Å²) in [4.78, 5) is 38.5. The fourth-order valence-electron chi connectivity index (χ4n) is 9.82. The molecule has 3 aliphatic heterocycles. The lowest BCUT2D eigenvalue weighted by atomic mass is 9.78. The van der Waals surface area contributed by atoms with E-state index in [0.717, 1.165) is 51.4 Å². The summed E-state index contributed by atoms with van der Waals surface area (Å²) in [5, 5.41) is 0. The molecule has 7 fully saturated rings. The van der Waals surface area contributed by atoms with Crippen molar-refractivity contribution >= 4 is 17.9 Å². The minimum atomic E-state index is -0.495. The normalized spacial score (nSPS) is 39.8. The summed E-state index contributed by atoms with van der Waals surface area (Å²) >= 11 is 0. The molecule has 13 atom stereocenters. The van der Waals surface area contributed by atoms with Crippen LogP contribution < -0.4 is 0 Å². The quantitative estimate of drug-likeness (QED) is 0.0739. The third kappa shape index (κ3) is 8.05. The second-order valence-corrected chi connectivity index (χ2v) is 15.9. The van der Waals surface area contributed by atoms with E-state index in [9.17, 15) is 14.4 Å². The first-order chi connectivity index (χ1) is 24.4. The number of epoxide rings is 3. The van der Waals surface area contributed by atoms with Crippen LogP contribution in [0, 0.1) is 46.8 Å². The minimum absolute atomic E-state index is 0.0571. The van der Waals surface area contributed by atoms with Crippen molar-refractivity contribution in [1.29, 1.82) is 0 Å². The summed E-state index contributed by atoms with van der Waals surface area (Å²) in [7, 11) is 0. The molecule has 0 aromatic carbocycles. The molecule has 7 aliphatic rings. The van der Waals surface area contributed by atoms with Gasteiger partial charge in [-0.2, -0.15) is 0 Å². The third-order valence-electron chi connectivity index (χ3n) is 13.0. The van der Waals surface area contributed by atoms with E-state index >= 15 is 0 Å². The van der Waals surface area contributed by atoms with Crippen LogP contribution in [0.4, 0.5) is 0 Å². The Hall–Kier alpha value is -1.83. The molecule has 7 rings (SSSR count). The van der Waals surface area contributed by atoms with Crippen LogP contribution in [0.5, 0.6) is 0 Å². The van der Waals surface area contributed by atoms with Gasteiger partial charge in [0.1, 0.15) is 19.8 Å². The molecule has 12 nitrogen and oxygen atoms in total. The van der Waals surface area contributed by atoms with Crippen molar-refractivity contribution in [3.63, 3.8) is 0 Å². The molecule has 2 bridgehead atoms. The van der Waals surface area contributed by atoms with E-state index in [0.29, 0.717) is 56.4 Å². The van der Waals surface area contributed by atoms with Gasteiger partial charge >= 0.3 is 17.9 Å². The lowest BCUT2D eigenvalue weighted by molar-refractivity contribution is -0.155. The second kappa shape index (κ2) is 16.0. The van der Waals surface area contributed by atoms with Crippen molar-refractivity contribution in [3.8, 4) is 0 Å². The van der Waals surface area contributed by atoms with E-state index in [1.807, 2.05) is 0 Å². The van der Waals surface area contributed by atoms with Crippen LogP contribution in [0.1, 0.15) is 78.6 Å². The number of carbonyl (C=O) groups is 3. The van der Waals surface area contributed by atoms with Gasteiger partial charge in [-0.05, 0) is 63.7 Å². The first-order valence-corrected chi connectivity index (χ1v) is 19.6. The zero-order chi connectivity index (χ0) is 34.8. The highest BCUT2D eigenvalue weighted by atomic mass is 16.6. The van der Waals surface area contributed by atoms with E-state index in [4.69, 9.17) is 42.6 Å². The lowest BCUT2D eigenvalue weighted by Gasteiger charge is -2.32. The number of esters is 3. The molecule has 50 heavy (non-hydrogen) atoms. The summed E-state index contributed by atoms with van der Waals surface area (Å²) < 4.78 is 52.3. The summed E-state index contributed by atoms with van der Waals surface area (Å²) in [6.07, 6.45) is 9.63. The van der Waals surface area contributed by atoms with E-state index in [1.54, 1.807) is 0 Å². The van der Waals surface area contributed by atoms with Gasteiger partial charge in [0.15, 0.2) is 0 Å². The van der Waals surface area contributed by atoms with Crippen LogP contribution in [-0.2, 0) is 57.0 Å². The minimum Gasteiger partial charge on any atom is -0.463 e. The highest BCUT2D eigenvalue weighted by molar-refractivity contribution is 5.74. The summed E-state index contributed by atoms with van der Waals surface area (Å²) in [6.45, 7) is 8.58. The molecule has 0 spiro atoms. The lowest BCUT2D eigenvalue weighted by Crippen LogP contribution is -2.38. The van der Waals surface area contributed by atoms with Gasteiger partial charge in [0.25, 0.3) is 0 Å². The van der Waals surface area contributed by atoms with Crippen LogP contribution in [0.2, 0.25) is 0 Å². The van der Waals surface area contributed by atoms with Crippen molar-refractivity contribution in [2.45, 2.75) is 115 Å². The molecule has 3 heterocycles. The van der Waals surface area contributed by atoms with Gasteiger partial charge < -0.3 is 42.6 Å².